The van der Waals surface area contributed by atoms with Gasteiger partial charge in [0.1, 0.15) is 11.6 Å². The van der Waals surface area contributed by atoms with Gasteiger partial charge in [-0.3, -0.25) is 0 Å². The van der Waals surface area contributed by atoms with Crippen molar-refractivity contribution in [2.45, 2.75) is 6.92 Å². The van der Waals surface area contributed by atoms with Gasteiger partial charge in [0.2, 0.25) is 5.95 Å². The third-order valence-electron chi connectivity index (χ3n) is 2.53. The molecule has 7 heteroatoms. The van der Waals surface area contributed by atoms with Crippen LogP contribution in [0.25, 0.3) is 16.7 Å². The molecule has 0 unspecified atom stereocenters. The number of rotatable bonds is 1. The van der Waals surface area contributed by atoms with Crippen molar-refractivity contribution in [2.24, 2.45) is 0 Å². The Labute approximate surface area is 101 Å². The first kappa shape index (κ1) is 10.6. The van der Waals surface area contributed by atoms with Crippen LogP contribution in [0.4, 0.5) is 10.2 Å². The summed E-state index contributed by atoms with van der Waals surface area (Å²) in [5, 5.41) is 4.83. The van der Waals surface area contributed by atoms with Crippen LogP contribution < -0.4 is 5.73 Å². The standard InChI is InChI=1S/C11H9FN6/c1-6-16-10(13)8-5-15-18(11(8)17-6)7-2-3-9(12)14-4-7/h2-5H,1H3,(H2,13,16,17). The monoisotopic (exact) mass is 244 g/mol. The molecule has 0 radical (unpaired) electrons. The first-order chi connectivity index (χ1) is 8.65. The highest BCUT2D eigenvalue weighted by molar-refractivity contribution is 5.86. The van der Waals surface area contributed by atoms with Crippen LogP contribution in [0.5, 0.6) is 0 Å². The van der Waals surface area contributed by atoms with Crippen LogP contribution in [-0.4, -0.2) is 24.7 Å². The largest absolute Gasteiger partial charge is 0.383 e. The first-order valence-electron chi connectivity index (χ1n) is 5.25. The summed E-state index contributed by atoms with van der Waals surface area (Å²) in [7, 11) is 0. The zero-order chi connectivity index (χ0) is 12.7. The minimum atomic E-state index is -0.541. The Morgan fingerprint density at radius 1 is 1.22 bits per heavy atom. The molecule has 0 fully saturated rings. The lowest BCUT2D eigenvalue weighted by molar-refractivity contribution is 0.582. The Morgan fingerprint density at radius 3 is 2.78 bits per heavy atom. The number of hydrogen-bond acceptors (Lipinski definition) is 5. The van der Waals surface area contributed by atoms with E-state index in [1.165, 1.54) is 12.3 Å². The normalized spacial score (nSPS) is 11.0. The third kappa shape index (κ3) is 1.56. The summed E-state index contributed by atoms with van der Waals surface area (Å²) in [6, 6.07) is 2.84. The highest BCUT2D eigenvalue weighted by Crippen LogP contribution is 2.20. The summed E-state index contributed by atoms with van der Waals surface area (Å²) in [6.07, 6.45) is 2.96. The zero-order valence-corrected chi connectivity index (χ0v) is 9.50. The fraction of sp³-hybridized carbons (Fsp3) is 0.0909. The Hall–Kier alpha value is -2.57. The zero-order valence-electron chi connectivity index (χ0n) is 9.50. The van der Waals surface area contributed by atoms with E-state index in [2.05, 4.69) is 20.1 Å². The maximum atomic E-state index is 12.8. The molecule has 3 aromatic heterocycles. The van der Waals surface area contributed by atoms with Crippen molar-refractivity contribution >= 4 is 16.9 Å². The second kappa shape index (κ2) is 3.73. The lowest BCUT2D eigenvalue weighted by Gasteiger charge is -2.03. The summed E-state index contributed by atoms with van der Waals surface area (Å²) in [4.78, 5) is 11.9. The SMILES string of the molecule is Cc1nc(N)c2cnn(-c3ccc(F)nc3)c2n1. The summed E-state index contributed by atoms with van der Waals surface area (Å²) in [5.41, 5.74) is 6.98. The van der Waals surface area contributed by atoms with Gasteiger partial charge < -0.3 is 5.73 Å². The van der Waals surface area contributed by atoms with E-state index in [1.54, 1.807) is 23.9 Å². The van der Waals surface area contributed by atoms with Crippen molar-refractivity contribution < 1.29 is 4.39 Å². The summed E-state index contributed by atoms with van der Waals surface area (Å²) >= 11 is 0. The lowest BCUT2D eigenvalue weighted by Crippen LogP contribution is -2.02. The van der Waals surface area contributed by atoms with Crippen molar-refractivity contribution in [3.63, 3.8) is 0 Å². The average molecular weight is 244 g/mol. The molecular formula is C11H9FN6. The number of nitrogen functional groups attached to an aromatic ring is 1. The molecule has 90 valence electrons. The molecular weight excluding hydrogens is 235 g/mol. The van der Waals surface area contributed by atoms with Crippen LogP contribution in [0.2, 0.25) is 0 Å². The van der Waals surface area contributed by atoms with E-state index in [-0.39, 0.29) is 0 Å². The maximum absolute atomic E-state index is 12.8. The number of aryl methyl sites for hydroxylation is 1. The molecule has 0 amide bonds. The molecule has 18 heavy (non-hydrogen) atoms. The van der Waals surface area contributed by atoms with E-state index in [9.17, 15) is 4.39 Å². The van der Waals surface area contributed by atoms with E-state index in [1.807, 2.05) is 0 Å². The van der Waals surface area contributed by atoms with Gasteiger partial charge in [0.25, 0.3) is 0 Å². The second-order valence-electron chi connectivity index (χ2n) is 3.79. The first-order valence-corrected chi connectivity index (χ1v) is 5.25. The fourth-order valence-corrected chi connectivity index (χ4v) is 1.73. The van der Waals surface area contributed by atoms with Gasteiger partial charge in [-0.15, -0.1) is 0 Å². The predicted octanol–water partition coefficient (Wildman–Crippen LogP) is 1.24. The van der Waals surface area contributed by atoms with Gasteiger partial charge in [-0.1, -0.05) is 0 Å². The number of halogens is 1. The van der Waals surface area contributed by atoms with Gasteiger partial charge in [-0.05, 0) is 19.1 Å². The maximum Gasteiger partial charge on any atom is 0.212 e. The van der Waals surface area contributed by atoms with Gasteiger partial charge in [-0.2, -0.15) is 9.49 Å². The molecule has 0 saturated carbocycles. The Morgan fingerprint density at radius 2 is 2.06 bits per heavy atom. The number of pyridine rings is 1. The highest BCUT2D eigenvalue weighted by Gasteiger charge is 2.10. The summed E-state index contributed by atoms with van der Waals surface area (Å²) in [5.74, 6) is 0.385. The molecule has 2 N–H and O–H groups in total. The fourth-order valence-electron chi connectivity index (χ4n) is 1.73. The van der Waals surface area contributed by atoms with Crippen LogP contribution in [0, 0.1) is 12.9 Å². The van der Waals surface area contributed by atoms with E-state index in [0.717, 1.165) is 0 Å². The molecule has 0 saturated heterocycles. The number of fused-ring (bicyclic) bond motifs is 1. The van der Waals surface area contributed by atoms with Crippen molar-refractivity contribution in [1.82, 2.24) is 24.7 Å². The van der Waals surface area contributed by atoms with E-state index in [4.69, 9.17) is 5.73 Å². The van der Waals surface area contributed by atoms with Gasteiger partial charge in [0.15, 0.2) is 5.65 Å². The van der Waals surface area contributed by atoms with Crippen molar-refractivity contribution in [2.75, 3.05) is 5.73 Å². The molecule has 3 heterocycles. The molecule has 0 aromatic carbocycles. The number of hydrogen-bond donors (Lipinski definition) is 1. The lowest BCUT2D eigenvalue weighted by atomic mass is 10.3. The third-order valence-corrected chi connectivity index (χ3v) is 2.53. The molecule has 3 rings (SSSR count). The van der Waals surface area contributed by atoms with Crippen LogP contribution >= 0.6 is 0 Å². The van der Waals surface area contributed by atoms with Gasteiger partial charge in [0, 0.05) is 0 Å². The van der Waals surface area contributed by atoms with Crippen LogP contribution in [-0.2, 0) is 0 Å². The molecule has 0 bridgehead atoms. The number of anilines is 1. The summed E-state index contributed by atoms with van der Waals surface area (Å²) < 4.78 is 14.3. The number of aromatic nitrogens is 5. The second-order valence-corrected chi connectivity index (χ2v) is 3.79. The van der Waals surface area contributed by atoms with Gasteiger partial charge in [0.05, 0.1) is 23.5 Å². The Balaban J connectivity index is 2.27. The quantitative estimate of drug-likeness (QED) is 0.651. The number of nitrogens with zero attached hydrogens (tertiary/aromatic N) is 5. The summed E-state index contributed by atoms with van der Waals surface area (Å²) in [6.45, 7) is 1.75. The van der Waals surface area contributed by atoms with Gasteiger partial charge >= 0.3 is 0 Å². The van der Waals surface area contributed by atoms with Crippen LogP contribution in [0.15, 0.2) is 24.5 Å². The molecule has 0 aliphatic carbocycles. The minimum Gasteiger partial charge on any atom is -0.383 e. The molecule has 0 aliphatic heterocycles. The van der Waals surface area contributed by atoms with Crippen molar-refractivity contribution in [3.05, 3.63) is 36.3 Å². The minimum absolute atomic E-state index is 0.374. The van der Waals surface area contributed by atoms with Crippen molar-refractivity contribution in [1.29, 1.82) is 0 Å². The molecule has 0 aliphatic rings. The van der Waals surface area contributed by atoms with E-state index >= 15 is 0 Å². The molecule has 0 atom stereocenters. The smallest absolute Gasteiger partial charge is 0.212 e. The van der Waals surface area contributed by atoms with E-state index < -0.39 is 5.95 Å². The molecule has 3 aromatic rings. The van der Waals surface area contributed by atoms with Crippen molar-refractivity contribution in [3.8, 4) is 5.69 Å². The average Bonchev–Trinajstić information content (AvgIpc) is 2.74. The van der Waals surface area contributed by atoms with Crippen LogP contribution in [0.3, 0.4) is 0 Å². The van der Waals surface area contributed by atoms with Crippen LogP contribution in [0.1, 0.15) is 5.82 Å². The number of nitrogens with two attached hydrogens (primary N) is 1. The predicted molar refractivity (Wildman–Crippen MR) is 63.6 cm³/mol. The Kier molecular flexibility index (Phi) is 2.19. The Bertz CT molecular complexity index is 718. The topological polar surface area (TPSA) is 82.5 Å². The van der Waals surface area contributed by atoms with E-state index in [0.29, 0.717) is 28.4 Å². The molecule has 6 nitrogen and oxygen atoms in total. The highest BCUT2D eigenvalue weighted by atomic mass is 19.1. The van der Waals surface area contributed by atoms with Gasteiger partial charge in [-0.25, -0.2) is 19.6 Å². The molecule has 0 spiro atoms.